The van der Waals surface area contributed by atoms with Crippen LogP contribution in [0.25, 0.3) is 5.57 Å². The molecule has 0 aliphatic rings. The molecule has 0 heterocycles. The molecule has 0 N–H and O–H groups in total. The van der Waals surface area contributed by atoms with Crippen LogP contribution in [-0.2, 0) is 0 Å². The zero-order valence-electron chi connectivity index (χ0n) is 14.2. The van der Waals surface area contributed by atoms with Crippen LogP contribution in [-0.4, -0.2) is 0 Å². The summed E-state index contributed by atoms with van der Waals surface area (Å²) in [5, 5.41) is 19.1. The quantitative estimate of drug-likeness (QED) is 0.686. The minimum atomic E-state index is -0.687. The van der Waals surface area contributed by atoms with Crippen molar-refractivity contribution in [2.24, 2.45) is 5.92 Å². The molecule has 0 radical (unpaired) electrons. The maximum atomic E-state index is 9.53. The minimum absolute atomic E-state index is 0.193. The molecule has 0 aromatic heterocycles. The third kappa shape index (κ3) is 3.73. The third-order valence-electron chi connectivity index (χ3n) is 4.39. The van der Waals surface area contributed by atoms with E-state index in [1.165, 1.54) is 16.7 Å². The number of hydrogen-bond donors (Lipinski definition) is 0. The molecule has 0 fully saturated rings. The van der Waals surface area contributed by atoms with E-state index < -0.39 is 5.92 Å². The van der Waals surface area contributed by atoms with E-state index >= 15 is 0 Å². The van der Waals surface area contributed by atoms with Crippen LogP contribution < -0.4 is 0 Å². The average molecular weight is 314 g/mol. The second-order valence-corrected chi connectivity index (χ2v) is 5.70. The lowest BCUT2D eigenvalue weighted by Crippen LogP contribution is -2.14. The number of nitriles is 2. The van der Waals surface area contributed by atoms with Gasteiger partial charge in [-0.15, -0.1) is 0 Å². The summed E-state index contributed by atoms with van der Waals surface area (Å²) >= 11 is 0. The Morgan fingerprint density at radius 3 is 1.83 bits per heavy atom. The Balaban J connectivity index is 2.67. The lowest BCUT2D eigenvalue weighted by atomic mass is 9.77. The lowest BCUT2D eigenvalue weighted by Gasteiger charge is -2.25. The molecular formula is C22H22N2. The number of allylic oxidation sites excluding steroid dienone is 2. The zero-order chi connectivity index (χ0) is 17.4. The largest absolute Gasteiger partial charge is 0.197 e. The first-order chi connectivity index (χ1) is 11.8. The van der Waals surface area contributed by atoms with E-state index in [0.29, 0.717) is 0 Å². The van der Waals surface area contributed by atoms with Crippen LogP contribution in [0.3, 0.4) is 0 Å². The van der Waals surface area contributed by atoms with Gasteiger partial charge in [-0.05, 0) is 29.5 Å². The highest BCUT2D eigenvalue weighted by Crippen LogP contribution is 2.39. The van der Waals surface area contributed by atoms with E-state index in [4.69, 9.17) is 0 Å². The Morgan fingerprint density at radius 2 is 1.38 bits per heavy atom. The highest BCUT2D eigenvalue weighted by atomic mass is 14.4. The molecule has 2 aromatic carbocycles. The van der Waals surface area contributed by atoms with Crippen LogP contribution in [0, 0.1) is 28.6 Å². The predicted molar refractivity (Wildman–Crippen MR) is 97.8 cm³/mol. The Morgan fingerprint density at radius 1 is 0.833 bits per heavy atom. The standard InChI is InChI=1S/C22H22N2/c1-3-20(17-11-7-5-8-12-17)21(4-2)22(19(15-23)16-24)18-13-9-6-10-14-18/h5-14,19,22H,3-4H2,1-2H3/b21-20+. The van der Waals surface area contributed by atoms with Crippen molar-refractivity contribution in [3.63, 3.8) is 0 Å². The average Bonchev–Trinajstić information content (AvgIpc) is 2.66. The Labute approximate surface area is 144 Å². The second-order valence-electron chi connectivity index (χ2n) is 5.70. The SMILES string of the molecule is CC/C(=C(/CC)C(c1ccccc1)C(C#N)C#N)c1ccccc1. The highest BCUT2D eigenvalue weighted by molar-refractivity contribution is 5.70. The van der Waals surface area contributed by atoms with Crippen LogP contribution in [0.4, 0.5) is 0 Å². The maximum absolute atomic E-state index is 9.53. The third-order valence-corrected chi connectivity index (χ3v) is 4.39. The number of benzene rings is 2. The van der Waals surface area contributed by atoms with Crippen molar-refractivity contribution in [3.05, 3.63) is 77.4 Å². The summed E-state index contributed by atoms with van der Waals surface area (Å²) in [4.78, 5) is 0. The van der Waals surface area contributed by atoms with Gasteiger partial charge in [0.2, 0.25) is 0 Å². The van der Waals surface area contributed by atoms with Gasteiger partial charge in [-0.2, -0.15) is 10.5 Å². The fourth-order valence-electron chi connectivity index (χ4n) is 3.31. The van der Waals surface area contributed by atoms with Gasteiger partial charge in [0.15, 0.2) is 0 Å². The molecule has 1 unspecified atom stereocenters. The van der Waals surface area contributed by atoms with Crippen LogP contribution in [0.5, 0.6) is 0 Å². The zero-order valence-corrected chi connectivity index (χ0v) is 14.2. The van der Waals surface area contributed by atoms with Gasteiger partial charge in [-0.25, -0.2) is 0 Å². The first-order valence-corrected chi connectivity index (χ1v) is 8.38. The molecule has 0 bridgehead atoms. The summed E-state index contributed by atoms with van der Waals surface area (Å²) < 4.78 is 0. The fourth-order valence-corrected chi connectivity index (χ4v) is 3.31. The second kappa shape index (κ2) is 8.70. The topological polar surface area (TPSA) is 47.6 Å². The van der Waals surface area contributed by atoms with Gasteiger partial charge in [0.1, 0.15) is 5.92 Å². The Kier molecular flexibility index (Phi) is 6.35. The van der Waals surface area contributed by atoms with Gasteiger partial charge in [0, 0.05) is 5.92 Å². The summed E-state index contributed by atoms with van der Waals surface area (Å²) in [6.07, 6.45) is 1.69. The molecule has 2 aromatic rings. The number of nitrogens with zero attached hydrogens (tertiary/aromatic N) is 2. The van der Waals surface area contributed by atoms with Crippen molar-refractivity contribution >= 4 is 5.57 Å². The molecule has 2 rings (SSSR count). The van der Waals surface area contributed by atoms with Crippen molar-refractivity contribution in [2.45, 2.75) is 32.6 Å². The maximum Gasteiger partial charge on any atom is 0.143 e. The molecule has 24 heavy (non-hydrogen) atoms. The molecular weight excluding hydrogens is 292 g/mol. The molecule has 2 heteroatoms. The molecule has 120 valence electrons. The van der Waals surface area contributed by atoms with Gasteiger partial charge >= 0.3 is 0 Å². The predicted octanol–water partition coefficient (Wildman–Crippen LogP) is 5.71. The lowest BCUT2D eigenvalue weighted by molar-refractivity contribution is 0.673. The smallest absolute Gasteiger partial charge is 0.143 e. The van der Waals surface area contributed by atoms with Crippen molar-refractivity contribution in [1.29, 1.82) is 10.5 Å². The van der Waals surface area contributed by atoms with Gasteiger partial charge in [0.25, 0.3) is 0 Å². The van der Waals surface area contributed by atoms with Gasteiger partial charge in [-0.3, -0.25) is 0 Å². The minimum Gasteiger partial charge on any atom is -0.197 e. The van der Waals surface area contributed by atoms with E-state index in [-0.39, 0.29) is 5.92 Å². The van der Waals surface area contributed by atoms with E-state index in [1.54, 1.807) is 0 Å². The van der Waals surface area contributed by atoms with E-state index in [0.717, 1.165) is 18.4 Å². The van der Waals surface area contributed by atoms with Crippen molar-refractivity contribution < 1.29 is 0 Å². The number of rotatable bonds is 6. The molecule has 0 saturated carbocycles. The molecule has 0 aliphatic heterocycles. The molecule has 0 spiro atoms. The van der Waals surface area contributed by atoms with E-state index in [1.807, 2.05) is 48.5 Å². The summed E-state index contributed by atoms with van der Waals surface area (Å²) in [6, 6.07) is 24.6. The van der Waals surface area contributed by atoms with Crippen molar-refractivity contribution in [1.82, 2.24) is 0 Å². The van der Waals surface area contributed by atoms with Gasteiger partial charge in [0.05, 0.1) is 12.1 Å². The molecule has 2 nitrogen and oxygen atoms in total. The Bertz CT molecular complexity index is 747. The summed E-state index contributed by atoms with van der Waals surface area (Å²) in [7, 11) is 0. The normalized spacial score (nSPS) is 12.9. The molecule has 0 saturated heterocycles. The van der Waals surface area contributed by atoms with E-state index in [2.05, 4.69) is 38.1 Å². The van der Waals surface area contributed by atoms with E-state index in [9.17, 15) is 10.5 Å². The monoisotopic (exact) mass is 314 g/mol. The molecule has 1 atom stereocenters. The summed E-state index contributed by atoms with van der Waals surface area (Å²) in [5.74, 6) is -0.881. The molecule has 0 amide bonds. The van der Waals surface area contributed by atoms with Crippen molar-refractivity contribution in [3.8, 4) is 12.1 Å². The van der Waals surface area contributed by atoms with Crippen LogP contribution >= 0.6 is 0 Å². The van der Waals surface area contributed by atoms with Crippen LogP contribution in [0.1, 0.15) is 43.7 Å². The number of hydrogen-bond acceptors (Lipinski definition) is 2. The Hall–Kier alpha value is -2.84. The van der Waals surface area contributed by atoms with Gasteiger partial charge in [-0.1, -0.05) is 80.1 Å². The van der Waals surface area contributed by atoms with Crippen LogP contribution in [0.2, 0.25) is 0 Å². The fraction of sp³-hybridized carbons (Fsp3) is 0.273. The van der Waals surface area contributed by atoms with Gasteiger partial charge < -0.3 is 0 Å². The molecule has 0 aliphatic carbocycles. The van der Waals surface area contributed by atoms with Crippen molar-refractivity contribution in [2.75, 3.05) is 0 Å². The highest BCUT2D eigenvalue weighted by Gasteiger charge is 2.28. The first-order valence-electron chi connectivity index (χ1n) is 8.38. The first kappa shape index (κ1) is 17.5. The summed E-state index contributed by atoms with van der Waals surface area (Å²) in [6.45, 7) is 4.24. The van der Waals surface area contributed by atoms with Crippen LogP contribution in [0.15, 0.2) is 66.2 Å². The summed E-state index contributed by atoms with van der Waals surface area (Å²) in [5.41, 5.74) is 4.63.